The van der Waals surface area contributed by atoms with Crippen LogP contribution in [0.3, 0.4) is 0 Å². The van der Waals surface area contributed by atoms with E-state index in [1.165, 1.54) is 0 Å². The highest BCUT2D eigenvalue weighted by atomic mass is 32.2. The van der Waals surface area contributed by atoms with E-state index in [0.29, 0.717) is 5.75 Å². The lowest BCUT2D eigenvalue weighted by molar-refractivity contribution is -0.0359. The lowest BCUT2D eigenvalue weighted by Gasteiger charge is -2.40. The fraction of sp³-hybridized carbons (Fsp3) is 0.455. The van der Waals surface area contributed by atoms with E-state index in [1.54, 1.807) is 51.3 Å². The number of hydrogen-bond donors (Lipinski definition) is 1. The van der Waals surface area contributed by atoms with Crippen LogP contribution in [0.5, 0.6) is 11.5 Å². The Hall–Kier alpha value is -2.05. The normalized spacial score (nSPS) is 24.4. The summed E-state index contributed by atoms with van der Waals surface area (Å²) in [7, 11) is -2.13. The number of sulfone groups is 1. The molecule has 0 saturated heterocycles. The minimum absolute atomic E-state index is 0.140. The van der Waals surface area contributed by atoms with Gasteiger partial charge in [-0.25, -0.2) is 8.42 Å². The molecule has 2 aromatic rings. The maximum Gasteiger partial charge on any atom is 0.183 e. The molecule has 0 unspecified atom stereocenters. The molecule has 152 valence electrons. The number of aliphatic hydroxyl groups excluding tert-OH is 1. The Morgan fingerprint density at radius 3 is 2.43 bits per heavy atom. The van der Waals surface area contributed by atoms with Gasteiger partial charge in [-0.1, -0.05) is 25.1 Å². The molecule has 2 aromatic carbocycles. The average Bonchev–Trinajstić information content (AvgIpc) is 2.65. The third-order valence-corrected chi connectivity index (χ3v) is 7.73. The topological polar surface area (TPSA) is 72.8 Å². The minimum Gasteiger partial charge on any atom is -0.496 e. The van der Waals surface area contributed by atoms with E-state index in [4.69, 9.17) is 9.47 Å². The molecule has 0 aliphatic carbocycles. The predicted octanol–water partition coefficient (Wildman–Crippen LogP) is 3.87. The van der Waals surface area contributed by atoms with Crippen LogP contribution < -0.4 is 9.47 Å². The Kier molecular flexibility index (Phi) is 5.47. The van der Waals surface area contributed by atoms with Gasteiger partial charge < -0.3 is 14.6 Å². The molecule has 5 nitrogen and oxygen atoms in total. The summed E-state index contributed by atoms with van der Waals surface area (Å²) in [6.07, 6.45) is -0.902. The summed E-state index contributed by atoms with van der Waals surface area (Å²) in [5, 5.41) is 10.1. The van der Waals surface area contributed by atoms with E-state index in [0.717, 1.165) is 16.9 Å². The number of fused-ring (bicyclic) bond motifs is 1. The number of aryl methyl sites for hydroxylation is 1. The Morgan fingerprint density at radius 1 is 1.18 bits per heavy atom. The SMILES string of the molecule is COc1cc2c(cc1C)OC(C)(C)[C@H](O)[C@@H](S(=O)(=O)c1ccccc1)C[C@@H]2C. The van der Waals surface area contributed by atoms with Crippen LogP contribution in [-0.2, 0) is 9.84 Å². The summed E-state index contributed by atoms with van der Waals surface area (Å²) in [5.74, 6) is 1.25. The smallest absolute Gasteiger partial charge is 0.183 e. The van der Waals surface area contributed by atoms with Crippen molar-refractivity contribution in [1.82, 2.24) is 0 Å². The van der Waals surface area contributed by atoms with Crippen molar-refractivity contribution in [2.45, 2.75) is 61.9 Å². The number of hydrogen-bond acceptors (Lipinski definition) is 5. The number of methoxy groups -OCH3 is 1. The highest BCUT2D eigenvalue weighted by Gasteiger charge is 2.46. The third-order valence-electron chi connectivity index (χ3n) is 5.55. The Balaban J connectivity index is 2.12. The van der Waals surface area contributed by atoms with Crippen molar-refractivity contribution in [2.75, 3.05) is 7.11 Å². The van der Waals surface area contributed by atoms with E-state index in [1.807, 2.05) is 26.0 Å². The lowest BCUT2D eigenvalue weighted by Crippen LogP contribution is -2.52. The molecule has 28 heavy (non-hydrogen) atoms. The zero-order valence-corrected chi connectivity index (χ0v) is 17.8. The first-order valence-electron chi connectivity index (χ1n) is 9.42. The van der Waals surface area contributed by atoms with Crippen molar-refractivity contribution in [3.63, 3.8) is 0 Å². The molecule has 0 spiro atoms. The van der Waals surface area contributed by atoms with Crippen LogP contribution >= 0.6 is 0 Å². The molecule has 0 aromatic heterocycles. The molecule has 3 atom stereocenters. The van der Waals surface area contributed by atoms with E-state index < -0.39 is 26.8 Å². The van der Waals surface area contributed by atoms with Crippen LogP contribution in [0.2, 0.25) is 0 Å². The van der Waals surface area contributed by atoms with Crippen molar-refractivity contribution in [3.05, 3.63) is 53.6 Å². The van der Waals surface area contributed by atoms with Gasteiger partial charge in [-0.15, -0.1) is 0 Å². The molecular weight excluding hydrogens is 376 g/mol. The molecule has 0 bridgehead atoms. The van der Waals surface area contributed by atoms with Crippen molar-refractivity contribution in [3.8, 4) is 11.5 Å². The number of aliphatic hydroxyl groups is 1. The van der Waals surface area contributed by atoms with Crippen LogP contribution in [0.1, 0.15) is 44.2 Å². The van der Waals surface area contributed by atoms with Gasteiger partial charge in [0, 0.05) is 5.56 Å². The molecule has 1 N–H and O–H groups in total. The lowest BCUT2D eigenvalue weighted by atomic mass is 9.86. The second kappa shape index (κ2) is 7.41. The highest BCUT2D eigenvalue weighted by Crippen LogP contribution is 2.42. The second-order valence-electron chi connectivity index (χ2n) is 8.04. The number of ether oxygens (including phenoxy) is 2. The van der Waals surface area contributed by atoms with Crippen LogP contribution in [0.15, 0.2) is 47.4 Å². The molecular formula is C22H28O5S. The molecule has 0 fully saturated rings. The second-order valence-corrected chi connectivity index (χ2v) is 10.2. The maximum absolute atomic E-state index is 13.3. The first-order valence-corrected chi connectivity index (χ1v) is 11.0. The van der Waals surface area contributed by atoms with Crippen LogP contribution in [0, 0.1) is 6.92 Å². The van der Waals surface area contributed by atoms with Gasteiger partial charge in [0.1, 0.15) is 23.2 Å². The summed E-state index contributed by atoms with van der Waals surface area (Å²) in [6, 6.07) is 12.1. The van der Waals surface area contributed by atoms with E-state index in [-0.39, 0.29) is 17.2 Å². The van der Waals surface area contributed by atoms with E-state index >= 15 is 0 Å². The van der Waals surface area contributed by atoms with Gasteiger partial charge in [0.25, 0.3) is 0 Å². The average molecular weight is 405 g/mol. The molecule has 0 amide bonds. The molecule has 1 aliphatic heterocycles. The molecule has 0 radical (unpaired) electrons. The number of benzene rings is 2. The summed E-state index contributed by atoms with van der Waals surface area (Å²) in [6.45, 7) is 7.34. The molecule has 6 heteroatoms. The standard InChI is InChI=1S/C22H28O5S/c1-14-12-20(28(24,25)16-9-7-6-8-10-16)21(23)22(3,4)27-19-11-15(2)18(26-5)13-17(14)19/h6-11,13-14,20-21,23H,12H2,1-5H3/t14-,20-,21+/m0/s1. The van der Waals surface area contributed by atoms with Gasteiger partial charge in [-0.3, -0.25) is 0 Å². The first kappa shape index (κ1) is 20.7. The molecule has 3 rings (SSSR count). The fourth-order valence-corrected chi connectivity index (χ4v) is 5.94. The maximum atomic E-state index is 13.3. The minimum atomic E-state index is -3.74. The summed E-state index contributed by atoms with van der Waals surface area (Å²) < 4.78 is 38.3. The highest BCUT2D eigenvalue weighted by molar-refractivity contribution is 7.92. The van der Waals surface area contributed by atoms with Crippen LogP contribution in [0.25, 0.3) is 0 Å². The molecule has 1 heterocycles. The van der Waals surface area contributed by atoms with E-state index in [2.05, 4.69) is 0 Å². The van der Waals surface area contributed by atoms with Crippen molar-refractivity contribution < 1.29 is 23.0 Å². The monoisotopic (exact) mass is 404 g/mol. The third kappa shape index (κ3) is 3.63. The summed E-state index contributed by atoms with van der Waals surface area (Å²) in [5.41, 5.74) is 0.728. The van der Waals surface area contributed by atoms with Crippen molar-refractivity contribution in [2.24, 2.45) is 0 Å². The zero-order chi connectivity index (χ0) is 20.7. The van der Waals surface area contributed by atoms with Gasteiger partial charge in [-0.2, -0.15) is 0 Å². The van der Waals surface area contributed by atoms with Crippen molar-refractivity contribution >= 4 is 9.84 Å². The van der Waals surface area contributed by atoms with Gasteiger partial charge in [0.2, 0.25) is 0 Å². The summed E-state index contributed by atoms with van der Waals surface area (Å²) in [4.78, 5) is 0.212. The van der Waals surface area contributed by atoms with Crippen LogP contribution in [-0.4, -0.2) is 37.6 Å². The molecule has 1 aliphatic rings. The quantitative estimate of drug-likeness (QED) is 0.841. The number of rotatable bonds is 3. The first-order chi connectivity index (χ1) is 13.1. The Labute approximate surface area is 167 Å². The zero-order valence-electron chi connectivity index (χ0n) is 17.0. The Morgan fingerprint density at radius 2 is 1.82 bits per heavy atom. The van der Waals surface area contributed by atoms with Gasteiger partial charge in [-0.05, 0) is 62.9 Å². The van der Waals surface area contributed by atoms with Gasteiger partial charge in [0.15, 0.2) is 9.84 Å². The predicted molar refractivity (Wildman–Crippen MR) is 109 cm³/mol. The van der Waals surface area contributed by atoms with Crippen LogP contribution in [0.4, 0.5) is 0 Å². The van der Waals surface area contributed by atoms with Gasteiger partial charge >= 0.3 is 0 Å². The summed E-state index contributed by atoms with van der Waals surface area (Å²) >= 11 is 0. The fourth-order valence-electron chi connectivity index (χ4n) is 3.85. The molecule has 0 saturated carbocycles. The van der Waals surface area contributed by atoms with Crippen molar-refractivity contribution in [1.29, 1.82) is 0 Å². The Bertz CT molecular complexity index is 950. The largest absolute Gasteiger partial charge is 0.496 e. The van der Waals surface area contributed by atoms with Gasteiger partial charge in [0.05, 0.1) is 17.3 Å². The van der Waals surface area contributed by atoms with E-state index in [9.17, 15) is 13.5 Å².